The molecule has 18 heavy (non-hydrogen) atoms. The SMILES string of the molecule is Clc1ccc2[nH]c3c(c2c1)CN(C1=CC=C1)CC3. The molecule has 4 rings (SSSR count). The Bertz CT molecular complexity index is 694. The summed E-state index contributed by atoms with van der Waals surface area (Å²) < 4.78 is 0. The average Bonchev–Trinajstić information content (AvgIpc) is 2.65. The number of hydrogen-bond acceptors (Lipinski definition) is 1. The van der Waals surface area contributed by atoms with Gasteiger partial charge in [-0.15, -0.1) is 0 Å². The third-order valence-electron chi connectivity index (χ3n) is 3.84. The van der Waals surface area contributed by atoms with Crippen molar-refractivity contribution in [3.63, 3.8) is 0 Å². The summed E-state index contributed by atoms with van der Waals surface area (Å²) in [6, 6.07) is 6.09. The molecule has 2 aliphatic rings. The van der Waals surface area contributed by atoms with E-state index in [-0.39, 0.29) is 0 Å². The third kappa shape index (κ3) is 1.42. The maximum Gasteiger partial charge on any atom is 0.0460 e. The van der Waals surface area contributed by atoms with Gasteiger partial charge in [-0.2, -0.15) is 0 Å². The highest BCUT2D eigenvalue weighted by Crippen LogP contribution is 2.31. The van der Waals surface area contributed by atoms with Crippen LogP contribution in [-0.4, -0.2) is 16.4 Å². The number of nitrogens with one attached hydrogen (secondary N) is 1. The van der Waals surface area contributed by atoms with Crippen LogP contribution in [0.15, 0.2) is 42.1 Å². The number of fused-ring (bicyclic) bond motifs is 3. The van der Waals surface area contributed by atoms with Crippen LogP contribution < -0.4 is 0 Å². The van der Waals surface area contributed by atoms with E-state index >= 15 is 0 Å². The Morgan fingerprint density at radius 1 is 1.28 bits per heavy atom. The molecule has 1 aromatic heterocycles. The number of allylic oxidation sites excluding steroid dienone is 3. The van der Waals surface area contributed by atoms with Gasteiger partial charge in [0.1, 0.15) is 0 Å². The molecule has 90 valence electrons. The molecule has 0 unspecified atom stereocenters. The lowest BCUT2D eigenvalue weighted by Crippen LogP contribution is -2.30. The van der Waals surface area contributed by atoms with Crippen molar-refractivity contribution >= 4 is 22.5 Å². The Labute approximate surface area is 111 Å². The first kappa shape index (κ1) is 10.3. The van der Waals surface area contributed by atoms with E-state index in [1.807, 2.05) is 6.07 Å². The fourth-order valence-corrected chi connectivity index (χ4v) is 2.97. The third-order valence-corrected chi connectivity index (χ3v) is 4.07. The summed E-state index contributed by atoms with van der Waals surface area (Å²) in [5.74, 6) is 0. The van der Waals surface area contributed by atoms with Gasteiger partial charge in [-0.3, -0.25) is 0 Å². The molecule has 1 aromatic carbocycles. The fraction of sp³-hybridized carbons (Fsp3) is 0.200. The molecular weight excluding hydrogens is 244 g/mol. The van der Waals surface area contributed by atoms with E-state index in [2.05, 4.69) is 40.2 Å². The molecule has 0 fully saturated rings. The van der Waals surface area contributed by atoms with Crippen LogP contribution in [0.2, 0.25) is 5.02 Å². The van der Waals surface area contributed by atoms with Gasteiger partial charge < -0.3 is 9.88 Å². The zero-order valence-electron chi connectivity index (χ0n) is 9.91. The van der Waals surface area contributed by atoms with E-state index in [0.717, 1.165) is 24.5 Å². The molecule has 0 saturated heterocycles. The minimum absolute atomic E-state index is 0.809. The number of H-pyrrole nitrogens is 1. The Morgan fingerprint density at radius 3 is 2.94 bits per heavy atom. The van der Waals surface area contributed by atoms with Crippen LogP contribution in [0.5, 0.6) is 0 Å². The predicted octanol–water partition coefficient (Wildman–Crippen LogP) is 3.63. The fourth-order valence-electron chi connectivity index (χ4n) is 2.80. The van der Waals surface area contributed by atoms with E-state index in [1.165, 1.54) is 27.9 Å². The average molecular weight is 257 g/mol. The molecule has 0 saturated carbocycles. The monoisotopic (exact) mass is 256 g/mol. The first-order valence-electron chi connectivity index (χ1n) is 6.23. The number of aromatic nitrogens is 1. The summed E-state index contributed by atoms with van der Waals surface area (Å²) in [4.78, 5) is 5.94. The Hall–Kier alpha value is -1.67. The Morgan fingerprint density at radius 2 is 2.17 bits per heavy atom. The van der Waals surface area contributed by atoms with Gasteiger partial charge in [0.15, 0.2) is 0 Å². The summed E-state index contributed by atoms with van der Waals surface area (Å²) in [6.45, 7) is 2.07. The zero-order valence-corrected chi connectivity index (χ0v) is 10.7. The molecule has 2 nitrogen and oxygen atoms in total. The molecular formula is C15H13ClN2. The van der Waals surface area contributed by atoms with Crippen molar-refractivity contribution in [2.75, 3.05) is 6.54 Å². The molecule has 0 atom stereocenters. The highest BCUT2D eigenvalue weighted by molar-refractivity contribution is 6.31. The van der Waals surface area contributed by atoms with Crippen molar-refractivity contribution in [1.82, 2.24) is 9.88 Å². The number of aromatic amines is 1. The molecule has 0 radical (unpaired) electrons. The predicted molar refractivity (Wildman–Crippen MR) is 74.6 cm³/mol. The molecule has 2 aromatic rings. The van der Waals surface area contributed by atoms with Gasteiger partial charge >= 0.3 is 0 Å². The van der Waals surface area contributed by atoms with E-state index in [4.69, 9.17) is 11.6 Å². The summed E-state index contributed by atoms with van der Waals surface area (Å²) in [5.41, 5.74) is 5.31. The lowest BCUT2D eigenvalue weighted by molar-refractivity contribution is 0.329. The van der Waals surface area contributed by atoms with Crippen LogP contribution in [0.25, 0.3) is 10.9 Å². The molecule has 0 bridgehead atoms. The summed E-state index contributed by atoms with van der Waals surface area (Å²) in [7, 11) is 0. The Balaban J connectivity index is 1.81. The minimum Gasteiger partial charge on any atom is -0.367 e. The number of benzene rings is 1. The Kier molecular flexibility index (Phi) is 2.09. The lowest BCUT2D eigenvalue weighted by atomic mass is 10.0. The summed E-state index contributed by atoms with van der Waals surface area (Å²) in [5, 5.41) is 2.08. The van der Waals surface area contributed by atoms with Crippen molar-refractivity contribution in [3.05, 3.63) is 58.4 Å². The van der Waals surface area contributed by atoms with Crippen molar-refractivity contribution < 1.29 is 0 Å². The van der Waals surface area contributed by atoms with E-state index in [9.17, 15) is 0 Å². The smallest absolute Gasteiger partial charge is 0.0460 e. The van der Waals surface area contributed by atoms with E-state index < -0.39 is 0 Å². The maximum absolute atomic E-state index is 6.11. The van der Waals surface area contributed by atoms with E-state index in [1.54, 1.807) is 0 Å². The molecule has 3 heteroatoms. The topological polar surface area (TPSA) is 19.0 Å². The van der Waals surface area contributed by atoms with Gasteiger partial charge in [-0.05, 0) is 30.4 Å². The lowest BCUT2D eigenvalue weighted by Gasteiger charge is -2.31. The largest absolute Gasteiger partial charge is 0.367 e. The van der Waals surface area contributed by atoms with Crippen molar-refractivity contribution in [2.24, 2.45) is 0 Å². The van der Waals surface area contributed by atoms with Crippen molar-refractivity contribution in [2.45, 2.75) is 13.0 Å². The molecule has 0 spiro atoms. The van der Waals surface area contributed by atoms with Gasteiger partial charge in [-0.1, -0.05) is 17.7 Å². The second-order valence-electron chi connectivity index (χ2n) is 4.89. The normalized spacial score (nSPS) is 17.6. The summed E-state index contributed by atoms with van der Waals surface area (Å²) in [6.07, 6.45) is 7.52. The zero-order chi connectivity index (χ0) is 12.1. The van der Waals surface area contributed by atoms with Crippen LogP contribution in [0.3, 0.4) is 0 Å². The molecule has 1 aliphatic carbocycles. The van der Waals surface area contributed by atoms with Crippen molar-refractivity contribution in [3.8, 4) is 0 Å². The summed E-state index contributed by atoms with van der Waals surface area (Å²) >= 11 is 6.11. The van der Waals surface area contributed by atoms with Crippen LogP contribution in [-0.2, 0) is 13.0 Å². The van der Waals surface area contributed by atoms with Crippen LogP contribution in [0.4, 0.5) is 0 Å². The number of nitrogens with zero attached hydrogens (tertiary/aromatic N) is 1. The maximum atomic E-state index is 6.11. The van der Waals surface area contributed by atoms with Gasteiger partial charge in [0.25, 0.3) is 0 Å². The number of halogens is 1. The minimum atomic E-state index is 0.809. The van der Waals surface area contributed by atoms with E-state index in [0.29, 0.717) is 0 Å². The standard InChI is InChI=1S/C15H13ClN2/c16-10-4-5-14-12(8-10)13-9-18(11-2-1-3-11)7-6-15(13)17-14/h1-5,8,17H,6-7,9H2. The second kappa shape index (κ2) is 3.66. The number of rotatable bonds is 1. The highest BCUT2D eigenvalue weighted by atomic mass is 35.5. The second-order valence-corrected chi connectivity index (χ2v) is 5.33. The van der Waals surface area contributed by atoms with Crippen LogP contribution in [0, 0.1) is 0 Å². The van der Waals surface area contributed by atoms with Gasteiger partial charge in [-0.25, -0.2) is 0 Å². The van der Waals surface area contributed by atoms with Crippen LogP contribution in [0.1, 0.15) is 11.3 Å². The number of hydrogen-bond donors (Lipinski definition) is 1. The molecule has 2 heterocycles. The molecule has 1 aliphatic heterocycles. The first-order chi connectivity index (χ1) is 8.81. The van der Waals surface area contributed by atoms with Gasteiger partial charge in [0.05, 0.1) is 0 Å². The van der Waals surface area contributed by atoms with Gasteiger partial charge in [0.2, 0.25) is 0 Å². The van der Waals surface area contributed by atoms with Crippen molar-refractivity contribution in [1.29, 1.82) is 0 Å². The first-order valence-corrected chi connectivity index (χ1v) is 6.61. The molecule has 0 amide bonds. The molecule has 1 N–H and O–H groups in total. The quantitative estimate of drug-likeness (QED) is 0.826. The van der Waals surface area contributed by atoms with Gasteiger partial charge in [0, 0.05) is 52.4 Å². The van der Waals surface area contributed by atoms with Crippen LogP contribution >= 0.6 is 11.6 Å². The highest BCUT2D eigenvalue weighted by Gasteiger charge is 2.22.